The molecule has 2 amide bonds. The number of allylic oxidation sites excluding steroid dienone is 2. The van der Waals surface area contributed by atoms with Gasteiger partial charge in [0, 0.05) is 60.9 Å². The smallest absolute Gasteiger partial charge is 0.347 e. The Bertz CT molecular complexity index is 3480. The molecule has 0 spiro atoms. The van der Waals surface area contributed by atoms with Gasteiger partial charge in [0.1, 0.15) is 17.2 Å². The van der Waals surface area contributed by atoms with Gasteiger partial charge in [-0.3, -0.25) is 19.1 Å². The second-order valence-electron chi connectivity index (χ2n) is 17.2. The number of methoxy groups -OCH3 is 4. The number of thiophene rings is 1. The van der Waals surface area contributed by atoms with E-state index in [0.29, 0.717) is 44.4 Å². The molecule has 1 aliphatic carbocycles. The van der Waals surface area contributed by atoms with Crippen molar-refractivity contribution in [1.29, 1.82) is 0 Å². The van der Waals surface area contributed by atoms with E-state index < -0.39 is 52.0 Å². The van der Waals surface area contributed by atoms with Crippen molar-refractivity contribution in [3.05, 3.63) is 113 Å². The lowest BCUT2D eigenvalue weighted by Gasteiger charge is -2.47. The molecular formula is C47H45ClN8O10S. The number of phenols is 1. The van der Waals surface area contributed by atoms with Crippen molar-refractivity contribution in [2.24, 2.45) is 25.4 Å². The van der Waals surface area contributed by atoms with Gasteiger partial charge in [0.05, 0.1) is 68.3 Å². The fourth-order valence-electron chi connectivity index (χ4n) is 10.5. The fraction of sp³-hybridized carbons (Fsp3) is 0.340. The summed E-state index contributed by atoms with van der Waals surface area (Å²) in [5, 5.41) is 17.4. The van der Waals surface area contributed by atoms with Crippen molar-refractivity contribution in [1.82, 2.24) is 33.3 Å². The van der Waals surface area contributed by atoms with E-state index in [9.17, 15) is 19.5 Å². The van der Waals surface area contributed by atoms with Gasteiger partial charge < -0.3 is 28.6 Å². The van der Waals surface area contributed by atoms with Crippen molar-refractivity contribution >= 4 is 61.7 Å². The number of ether oxygens (including phenoxy) is 4. The molecule has 0 bridgehead atoms. The van der Waals surface area contributed by atoms with Crippen LogP contribution in [0, 0.1) is 18.3 Å². The van der Waals surface area contributed by atoms with Crippen LogP contribution in [0.3, 0.4) is 0 Å². The average molecular weight is 949 g/mol. The molecular weight excluding hydrogens is 904 g/mol. The first-order valence-electron chi connectivity index (χ1n) is 21.4. The molecule has 346 valence electrons. The number of carbonyl (C=O) groups excluding carboxylic acids is 2. The molecule has 4 unspecified atom stereocenters. The number of rotatable bonds is 10. The van der Waals surface area contributed by atoms with Gasteiger partial charge in [-0.25, -0.2) is 33.4 Å². The number of imide groups is 1. The molecule has 20 heteroatoms. The van der Waals surface area contributed by atoms with E-state index in [4.69, 9.17) is 35.6 Å². The van der Waals surface area contributed by atoms with Gasteiger partial charge in [0.15, 0.2) is 23.0 Å². The molecule has 67 heavy (non-hydrogen) atoms. The Morgan fingerprint density at radius 1 is 0.896 bits per heavy atom. The van der Waals surface area contributed by atoms with E-state index in [1.807, 2.05) is 31.2 Å². The van der Waals surface area contributed by atoms with E-state index in [0.717, 1.165) is 25.1 Å². The van der Waals surface area contributed by atoms with Crippen LogP contribution < -0.4 is 40.8 Å². The number of aryl methyl sites for hydroxylation is 4. The minimum absolute atomic E-state index is 0.00538. The highest BCUT2D eigenvalue weighted by atomic mass is 35.5. The summed E-state index contributed by atoms with van der Waals surface area (Å²) in [5.41, 5.74) is 0.593. The van der Waals surface area contributed by atoms with Crippen LogP contribution in [0.2, 0.25) is 5.02 Å². The lowest BCUT2D eigenvalue weighted by Crippen LogP contribution is -2.49. The van der Waals surface area contributed by atoms with Gasteiger partial charge >= 0.3 is 11.4 Å². The molecule has 3 aromatic carbocycles. The van der Waals surface area contributed by atoms with E-state index in [1.165, 1.54) is 63.3 Å². The number of aromatic hydroxyl groups is 1. The largest absolute Gasteiger partial charge is 0.502 e. The average Bonchev–Trinajstić information content (AvgIpc) is 3.99. The number of halogens is 1. The Balaban J connectivity index is 1.07. The third-order valence-electron chi connectivity index (χ3n) is 13.9. The normalized spacial score (nSPS) is 20.0. The molecule has 1 saturated heterocycles. The topological polar surface area (TPSA) is 196 Å². The molecule has 0 radical (unpaired) electrons. The lowest BCUT2D eigenvalue weighted by atomic mass is 9.56. The summed E-state index contributed by atoms with van der Waals surface area (Å²) in [6.07, 6.45) is 1.77. The van der Waals surface area contributed by atoms with Crippen LogP contribution in [0.15, 0.2) is 74.6 Å². The monoisotopic (exact) mass is 948 g/mol. The van der Waals surface area contributed by atoms with Crippen molar-refractivity contribution < 1.29 is 33.6 Å². The quantitative estimate of drug-likeness (QED) is 0.134. The molecule has 18 nitrogen and oxygen atoms in total. The molecule has 6 heterocycles. The summed E-state index contributed by atoms with van der Waals surface area (Å²) in [6.45, 7) is 3.52. The van der Waals surface area contributed by atoms with Crippen LogP contribution in [0.1, 0.15) is 42.1 Å². The fourth-order valence-corrected chi connectivity index (χ4v) is 11.8. The maximum Gasteiger partial charge on any atom is 0.347 e. The summed E-state index contributed by atoms with van der Waals surface area (Å²) in [4.78, 5) is 79.7. The molecule has 3 aliphatic rings. The first-order chi connectivity index (χ1) is 32.0. The van der Waals surface area contributed by atoms with Crippen LogP contribution in [-0.4, -0.2) is 78.6 Å². The zero-order valence-corrected chi connectivity index (χ0v) is 39.3. The summed E-state index contributed by atoms with van der Waals surface area (Å²) in [5.74, 6) is -1.89. The number of hydrogen-bond acceptors (Lipinski definition) is 13. The summed E-state index contributed by atoms with van der Waals surface area (Å²) in [6, 6.07) is 13.0. The number of aromatic nitrogens is 7. The van der Waals surface area contributed by atoms with Crippen molar-refractivity contribution in [2.45, 2.75) is 51.7 Å². The van der Waals surface area contributed by atoms with E-state index in [1.54, 1.807) is 51.4 Å². The summed E-state index contributed by atoms with van der Waals surface area (Å²) in [7, 11) is 9.05. The Kier molecular flexibility index (Phi) is 10.3. The molecule has 2 fully saturated rings. The predicted octanol–water partition coefficient (Wildman–Crippen LogP) is 5.48. The highest BCUT2D eigenvalue weighted by Gasteiger charge is 2.66. The Labute approximate surface area is 390 Å². The highest BCUT2D eigenvalue weighted by Crippen LogP contribution is 2.62. The van der Waals surface area contributed by atoms with Gasteiger partial charge in [-0.15, -0.1) is 11.3 Å². The minimum atomic E-state index is -1.45. The number of anilines is 1. The van der Waals surface area contributed by atoms with Crippen molar-refractivity contribution in [3.63, 3.8) is 0 Å². The molecule has 2 aliphatic heterocycles. The maximum absolute atomic E-state index is 15.4. The second-order valence-corrected chi connectivity index (χ2v) is 18.7. The van der Waals surface area contributed by atoms with Crippen LogP contribution in [0.5, 0.6) is 28.7 Å². The predicted molar refractivity (Wildman–Crippen MR) is 250 cm³/mol. The highest BCUT2D eigenvalue weighted by molar-refractivity contribution is 7.22. The zero-order valence-electron chi connectivity index (χ0n) is 37.7. The molecule has 4 aromatic heterocycles. The Morgan fingerprint density at radius 3 is 2.27 bits per heavy atom. The maximum atomic E-state index is 15.4. The van der Waals surface area contributed by atoms with E-state index >= 15 is 9.59 Å². The zero-order chi connectivity index (χ0) is 47.5. The number of phenolic OH excluding ortho intramolecular Hbond substituents is 1. The second kappa shape index (κ2) is 15.8. The number of amides is 2. The number of fused-ring (bicyclic) bond motifs is 6. The minimum Gasteiger partial charge on any atom is -0.502 e. The third-order valence-corrected chi connectivity index (χ3v) is 15.4. The van der Waals surface area contributed by atoms with Gasteiger partial charge in [-0.05, 0) is 72.7 Å². The molecule has 7 aromatic rings. The molecule has 10 rings (SSSR count). The summed E-state index contributed by atoms with van der Waals surface area (Å²) < 4.78 is 29.8. The molecule has 4 atom stereocenters. The van der Waals surface area contributed by atoms with Crippen LogP contribution in [0.25, 0.3) is 31.7 Å². The van der Waals surface area contributed by atoms with Gasteiger partial charge in [0.25, 0.3) is 5.56 Å². The first kappa shape index (κ1) is 43.8. The molecule has 1 saturated carbocycles. The van der Waals surface area contributed by atoms with Gasteiger partial charge in [-0.1, -0.05) is 17.7 Å². The SMILES string of the molecule is COc1cc2nc(CCn3c(=O)n4n(c3=O)C3CC5C(=O)N(c6cc(-c7sc8ccc(Cl)cc8c7C)nn6C)C(=O)C5(C)C(c5cc(OC)c(O)c(OC)c5)C3=CC4)c(=O)n(C)c2cc1OC. The van der Waals surface area contributed by atoms with Crippen molar-refractivity contribution in [3.8, 4) is 39.3 Å². The van der Waals surface area contributed by atoms with E-state index in [-0.39, 0.29) is 54.7 Å². The molecule has 1 N–H and O–H groups in total. The number of hydrogen-bond donors (Lipinski definition) is 1. The van der Waals surface area contributed by atoms with Crippen LogP contribution in [0.4, 0.5) is 5.82 Å². The number of benzene rings is 3. The van der Waals surface area contributed by atoms with E-state index in [2.05, 4.69) is 4.98 Å². The first-order valence-corrected chi connectivity index (χ1v) is 22.6. The standard InChI is InChI=1S/C47H45ClN8O10S/c1-22-26-17-24(48)9-10-37(26)67-41(22)30-20-38(52(4)50-30)55-42(58)27-18-31-25(39(47(27,2)44(55)60)23-15-35(65-7)40(57)36(16-23)66-8)11-14-54-45(61)53(46(62)56(31)54)13-12-28-43(59)51(3)32-21-34(64-6)33(63-5)19-29(32)49-28/h9-11,15-17,19-21,27,31,39,57H,12-14,18H2,1-8H3. The lowest BCUT2D eigenvalue weighted by molar-refractivity contribution is -0.129. The summed E-state index contributed by atoms with van der Waals surface area (Å²) >= 11 is 7.88. The van der Waals surface area contributed by atoms with Crippen molar-refractivity contribution in [2.75, 3.05) is 33.3 Å². The number of nitrogens with zero attached hydrogens (tertiary/aromatic N) is 8. The number of carbonyl (C=O) groups is 2. The Hall–Kier alpha value is -7.12. The van der Waals surface area contributed by atoms with Crippen LogP contribution in [-0.2, 0) is 43.2 Å². The van der Waals surface area contributed by atoms with Crippen LogP contribution >= 0.6 is 22.9 Å². The van der Waals surface area contributed by atoms with Gasteiger partial charge in [0.2, 0.25) is 17.6 Å². The third kappa shape index (κ3) is 6.30. The van der Waals surface area contributed by atoms with Gasteiger partial charge in [-0.2, -0.15) is 5.10 Å². The Morgan fingerprint density at radius 2 is 1.58 bits per heavy atom.